The number of amides is 1. The van der Waals surface area contributed by atoms with Crippen LogP contribution in [0.3, 0.4) is 0 Å². The molecule has 2 atom stereocenters. The highest BCUT2D eigenvalue weighted by molar-refractivity contribution is 5.86. The molecule has 2 aromatic rings. The van der Waals surface area contributed by atoms with E-state index in [1.165, 1.54) is 0 Å². The Kier molecular flexibility index (Phi) is 5.97. The van der Waals surface area contributed by atoms with Crippen molar-refractivity contribution < 1.29 is 24.1 Å². The lowest BCUT2D eigenvalue weighted by molar-refractivity contribution is -0.00737. The van der Waals surface area contributed by atoms with Crippen LogP contribution in [0.4, 0.5) is 4.79 Å². The second-order valence-corrected chi connectivity index (χ2v) is 9.59. The fraction of sp³-hybridized carbons (Fsp3) is 0.583. The molecule has 0 spiro atoms. The Hall–Kier alpha value is -2.54. The van der Waals surface area contributed by atoms with Crippen molar-refractivity contribution in [3.05, 3.63) is 30.0 Å². The molecule has 1 fully saturated rings. The molecule has 2 heterocycles. The summed E-state index contributed by atoms with van der Waals surface area (Å²) in [6.07, 6.45) is 4.50. The normalized spacial score (nSPS) is 24.2. The molecule has 2 N–H and O–H groups in total. The molecule has 0 saturated heterocycles. The Morgan fingerprint density at radius 3 is 2.68 bits per heavy atom. The molecule has 0 radical (unpaired) electrons. The average molecular weight is 429 g/mol. The van der Waals surface area contributed by atoms with Gasteiger partial charge in [-0.1, -0.05) is 0 Å². The van der Waals surface area contributed by atoms with Gasteiger partial charge in [-0.15, -0.1) is 0 Å². The topological polar surface area (TPSA) is 89.9 Å². The number of aromatic nitrogens is 1. The summed E-state index contributed by atoms with van der Waals surface area (Å²) in [5.74, 6) is 1.66. The second kappa shape index (κ2) is 8.54. The molecule has 1 saturated carbocycles. The van der Waals surface area contributed by atoms with Crippen molar-refractivity contribution >= 4 is 17.0 Å². The number of rotatable bonds is 4. The molecule has 1 amide bonds. The number of ether oxygens (including phenoxy) is 3. The predicted octanol–water partition coefficient (Wildman–Crippen LogP) is 3.99. The zero-order valence-corrected chi connectivity index (χ0v) is 18.7. The first-order valence-corrected chi connectivity index (χ1v) is 11.0. The van der Waals surface area contributed by atoms with E-state index in [0.717, 1.165) is 53.6 Å². The first kappa shape index (κ1) is 21.7. The van der Waals surface area contributed by atoms with Gasteiger partial charge in [-0.2, -0.15) is 0 Å². The maximum atomic E-state index is 12.0. The molecule has 168 valence electrons. The molecule has 4 rings (SSSR count). The third kappa shape index (κ3) is 4.87. The van der Waals surface area contributed by atoms with Crippen LogP contribution in [-0.2, 0) is 11.2 Å². The molecule has 7 nitrogen and oxygen atoms in total. The number of hydrogen-bond donors (Lipinski definition) is 2. The molecule has 1 aliphatic heterocycles. The number of nitrogens with one attached hydrogen (secondary N) is 1. The molecular weight excluding hydrogens is 396 g/mol. The van der Waals surface area contributed by atoms with E-state index in [-0.39, 0.29) is 24.2 Å². The lowest BCUT2D eigenvalue weighted by Crippen LogP contribution is -2.44. The van der Waals surface area contributed by atoms with E-state index in [0.29, 0.717) is 6.42 Å². The Morgan fingerprint density at radius 1 is 1.26 bits per heavy atom. The van der Waals surface area contributed by atoms with E-state index in [9.17, 15) is 9.90 Å². The SMILES string of the molecule is COc1ccc2ncc3c(c2c1)CC(C(O)[C@H]1CC[C@H](NC(=O)OC(C)(C)C)CC1)O3. The maximum Gasteiger partial charge on any atom is 0.407 e. The van der Waals surface area contributed by atoms with Crippen LogP contribution in [0.2, 0.25) is 0 Å². The van der Waals surface area contributed by atoms with Gasteiger partial charge in [0.15, 0.2) is 0 Å². The minimum absolute atomic E-state index is 0.0839. The molecule has 2 unspecified atom stereocenters. The molecule has 2 aliphatic rings. The number of pyridine rings is 1. The van der Waals surface area contributed by atoms with Crippen LogP contribution in [0.1, 0.15) is 52.0 Å². The summed E-state index contributed by atoms with van der Waals surface area (Å²) in [6, 6.07) is 5.90. The number of carbonyl (C=O) groups excluding carboxylic acids is 1. The van der Waals surface area contributed by atoms with Gasteiger partial charge in [0.2, 0.25) is 0 Å². The molecule has 31 heavy (non-hydrogen) atoms. The highest BCUT2D eigenvalue weighted by Gasteiger charge is 2.37. The summed E-state index contributed by atoms with van der Waals surface area (Å²) in [5.41, 5.74) is 1.47. The maximum absolute atomic E-state index is 12.0. The summed E-state index contributed by atoms with van der Waals surface area (Å²) < 4.78 is 16.8. The van der Waals surface area contributed by atoms with Gasteiger partial charge in [0.25, 0.3) is 0 Å². The van der Waals surface area contributed by atoms with E-state index < -0.39 is 11.7 Å². The zero-order valence-electron chi connectivity index (χ0n) is 18.7. The van der Waals surface area contributed by atoms with E-state index in [1.54, 1.807) is 13.3 Å². The smallest absolute Gasteiger partial charge is 0.407 e. The van der Waals surface area contributed by atoms with Crippen LogP contribution in [0.15, 0.2) is 24.4 Å². The third-order valence-electron chi connectivity index (χ3n) is 6.19. The third-order valence-corrected chi connectivity index (χ3v) is 6.19. The minimum Gasteiger partial charge on any atom is -0.497 e. The average Bonchev–Trinajstić information content (AvgIpc) is 3.17. The molecule has 0 bridgehead atoms. The highest BCUT2D eigenvalue weighted by Crippen LogP contribution is 2.39. The van der Waals surface area contributed by atoms with Gasteiger partial charge in [-0.25, -0.2) is 4.79 Å². The van der Waals surface area contributed by atoms with Gasteiger partial charge < -0.3 is 24.6 Å². The van der Waals surface area contributed by atoms with E-state index in [1.807, 2.05) is 39.0 Å². The second-order valence-electron chi connectivity index (χ2n) is 9.59. The monoisotopic (exact) mass is 428 g/mol. The van der Waals surface area contributed by atoms with Gasteiger partial charge >= 0.3 is 6.09 Å². The molecular formula is C24H32N2O5. The lowest BCUT2D eigenvalue weighted by Gasteiger charge is -2.34. The van der Waals surface area contributed by atoms with Gasteiger partial charge in [0.1, 0.15) is 23.2 Å². The van der Waals surface area contributed by atoms with Gasteiger partial charge in [-0.05, 0) is 70.6 Å². The van der Waals surface area contributed by atoms with Crippen molar-refractivity contribution in [3.63, 3.8) is 0 Å². The molecule has 1 aromatic carbocycles. The minimum atomic E-state index is -0.560. The highest BCUT2D eigenvalue weighted by atomic mass is 16.6. The van der Waals surface area contributed by atoms with E-state index in [2.05, 4.69) is 10.3 Å². The van der Waals surface area contributed by atoms with Crippen LogP contribution < -0.4 is 14.8 Å². The summed E-state index contributed by atoms with van der Waals surface area (Å²) in [5, 5.41) is 15.0. The molecule has 1 aliphatic carbocycles. The number of aliphatic hydroxyl groups is 1. The Bertz CT molecular complexity index is 947. The van der Waals surface area contributed by atoms with Gasteiger partial charge in [0, 0.05) is 23.4 Å². The number of aliphatic hydroxyl groups excluding tert-OH is 1. The number of nitrogens with zero attached hydrogens (tertiary/aromatic N) is 1. The van der Waals surface area contributed by atoms with Crippen LogP contribution in [0, 0.1) is 5.92 Å². The van der Waals surface area contributed by atoms with Gasteiger partial charge in [0.05, 0.1) is 24.9 Å². The fourth-order valence-corrected chi connectivity index (χ4v) is 4.63. The zero-order chi connectivity index (χ0) is 22.2. The lowest BCUT2D eigenvalue weighted by atomic mass is 9.80. The Morgan fingerprint density at radius 2 is 2.00 bits per heavy atom. The number of benzene rings is 1. The summed E-state index contributed by atoms with van der Waals surface area (Å²) in [7, 11) is 1.65. The first-order valence-electron chi connectivity index (χ1n) is 11.0. The number of methoxy groups -OCH3 is 1. The van der Waals surface area contributed by atoms with E-state index >= 15 is 0 Å². The number of alkyl carbamates (subject to hydrolysis) is 1. The molecule has 1 aromatic heterocycles. The standard InChI is InChI=1S/C24H32N2O5/c1-24(2,3)31-23(28)26-15-7-5-14(6-8-15)22(27)20-12-18-17-11-16(29-4)9-10-19(17)25-13-21(18)30-20/h9-11,13-15,20,22,27H,5-8,12H2,1-4H3,(H,26,28)/t14-,15-,20?,22?. The van der Waals surface area contributed by atoms with E-state index in [4.69, 9.17) is 14.2 Å². The Labute approximate surface area is 183 Å². The first-order chi connectivity index (χ1) is 14.7. The summed E-state index contributed by atoms with van der Waals surface area (Å²) in [6.45, 7) is 5.57. The predicted molar refractivity (Wildman–Crippen MR) is 118 cm³/mol. The molecule has 7 heteroatoms. The van der Waals surface area contributed by atoms with Crippen LogP contribution in [0.5, 0.6) is 11.5 Å². The quantitative estimate of drug-likeness (QED) is 0.765. The Balaban J connectivity index is 1.36. The van der Waals surface area contributed by atoms with Crippen LogP contribution in [0.25, 0.3) is 10.9 Å². The van der Waals surface area contributed by atoms with Crippen molar-refractivity contribution in [2.45, 2.75) is 76.7 Å². The van der Waals surface area contributed by atoms with Crippen LogP contribution >= 0.6 is 0 Å². The van der Waals surface area contributed by atoms with Crippen molar-refractivity contribution in [1.29, 1.82) is 0 Å². The van der Waals surface area contributed by atoms with Gasteiger partial charge in [-0.3, -0.25) is 4.98 Å². The van der Waals surface area contributed by atoms with Crippen molar-refractivity contribution in [2.75, 3.05) is 7.11 Å². The number of carbonyl (C=O) groups is 1. The van der Waals surface area contributed by atoms with Crippen molar-refractivity contribution in [1.82, 2.24) is 10.3 Å². The van der Waals surface area contributed by atoms with Crippen molar-refractivity contribution in [2.24, 2.45) is 5.92 Å². The van der Waals surface area contributed by atoms with Crippen molar-refractivity contribution in [3.8, 4) is 11.5 Å². The summed E-state index contributed by atoms with van der Waals surface area (Å²) >= 11 is 0. The summed E-state index contributed by atoms with van der Waals surface area (Å²) in [4.78, 5) is 16.5. The largest absolute Gasteiger partial charge is 0.497 e. The number of hydrogen-bond acceptors (Lipinski definition) is 6. The number of fused-ring (bicyclic) bond motifs is 3. The fourth-order valence-electron chi connectivity index (χ4n) is 4.63. The van der Waals surface area contributed by atoms with Crippen LogP contribution in [-0.4, -0.2) is 47.1 Å².